The van der Waals surface area contributed by atoms with Crippen molar-refractivity contribution in [3.8, 4) is 0 Å². The van der Waals surface area contributed by atoms with Gasteiger partial charge in [-0.15, -0.1) is 0 Å². The van der Waals surface area contributed by atoms with Crippen LogP contribution in [0.1, 0.15) is 36.8 Å². The van der Waals surface area contributed by atoms with Crippen LogP contribution in [0.4, 0.5) is 11.5 Å². The van der Waals surface area contributed by atoms with Gasteiger partial charge >= 0.3 is 0 Å². The highest BCUT2D eigenvalue weighted by molar-refractivity contribution is 5.79. The molecule has 0 fully saturated rings. The monoisotopic (exact) mass is 253 g/mol. The number of nitrogens with one attached hydrogen (secondary N) is 2. The van der Waals surface area contributed by atoms with Crippen molar-refractivity contribution in [2.24, 2.45) is 0 Å². The van der Waals surface area contributed by atoms with Crippen molar-refractivity contribution >= 4 is 17.1 Å². The highest BCUT2D eigenvalue weighted by Crippen LogP contribution is 2.33. The topological polar surface area (TPSA) is 40.7 Å². The molecule has 2 aromatic rings. The minimum atomic E-state index is 0.932. The van der Waals surface area contributed by atoms with Gasteiger partial charge in [0.2, 0.25) is 0 Å². The Morgan fingerprint density at radius 2 is 2.16 bits per heavy atom. The summed E-state index contributed by atoms with van der Waals surface area (Å²) in [5.74, 6) is 0.932. The molecule has 0 amide bonds. The Balaban J connectivity index is 1.96. The van der Waals surface area contributed by atoms with Crippen LogP contribution in [0, 0.1) is 6.92 Å². The lowest BCUT2D eigenvalue weighted by Gasteiger charge is -2.17. The number of aromatic amines is 1. The molecular formula is C16H19N3. The van der Waals surface area contributed by atoms with Gasteiger partial charge in [-0.05, 0) is 50.3 Å². The van der Waals surface area contributed by atoms with Crippen molar-refractivity contribution in [1.29, 1.82) is 0 Å². The first-order valence-corrected chi connectivity index (χ1v) is 6.89. The highest BCUT2D eigenvalue weighted by Gasteiger charge is 2.11. The molecule has 0 radical (unpaired) electrons. The second kappa shape index (κ2) is 5.31. The third kappa shape index (κ3) is 2.70. The summed E-state index contributed by atoms with van der Waals surface area (Å²) in [4.78, 5) is 0. The number of nitrogens with zero attached hydrogens (tertiary/aromatic N) is 1. The molecule has 0 saturated heterocycles. The lowest BCUT2D eigenvalue weighted by atomic mass is 9.92. The largest absolute Gasteiger partial charge is 0.340 e. The maximum absolute atomic E-state index is 3.98. The molecule has 19 heavy (non-hydrogen) atoms. The second-order valence-corrected chi connectivity index (χ2v) is 5.12. The molecule has 0 unspecified atom stereocenters. The van der Waals surface area contributed by atoms with Crippen LogP contribution in [0.3, 0.4) is 0 Å². The van der Waals surface area contributed by atoms with Crippen molar-refractivity contribution in [1.82, 2.24) is 10.2 Å². The molecule has 0 spiro atoms. The molecule has 1 aromatic carbocycles. The third-order valence-corrected chi connectivity index (χ3v) is 3.58. The normalized spacial score (nSPS) is 15.1. The summed E-state index contributed by atoms with van der Waals surface area (Å²) in [6.07, 6.45) is 9.14. The fourth-order valence-corrected chi connectivity index (χ4v) is 2.59. The van der Waals surface area contributed by atoms with Gasteiger partial charge in [-0.3, -0.25) is 5.10 Å². The van der Waals surface area contributed by atoms with Crippen molar-refractivity contribution in [2.45, 2.75) is 32.6 Å². The van der Waals surface area contributed by atoms with Crippen LogP contribution in [-0.2, 0) is 0 Å². The van der Waals surface area contributed by atoms with Gasteiger partial charge in [0.25, 0.3) is 0 Å². The Kier molecular flexibility index (Phi) is 3.36. The zero-order chi connectivity index (χ0) is 13.1. The number of hydrogen-bond acceptors (Lipinski definition) is 2. The average molecular weight is 253 g/mol. The second-order valence-electron chi connectivity index (χ2n) is 5.12. The van der Waals surface area contributed by atoms with E-state index in [1.165, 1.54) is 42.4 Å². The molecule has 2 N–H and O–H groups in total. The fourth-order valence-electron chi connectivity index (χ4n) is 2.59. The van der Waals surface area contributed by atoms with E-state index in [0.717, 1.165) is 11.5 Å². The van der Waals surface area contributed by atoms with Gasteiger partial charge in [0.1, 0.15) is 5.82 Å². The molecule has 0 atom stereocenters. The van der Waals surface area contributed by atoms with Crippen LogP contribution < -0.4 is 5.32 Å². The quantitative estimate of drug-likeness (QED) is 0.850. The Morgan fingerprint density at radius 1 is 1.21 bits per heavy atom. The smallest absolute Gasteiger partial charge is 0.125 e. The van der Waals surface area contributed by atoms with Gasteiger partial charge in [-0.1, -0.05) is 17.7 Å². The predicted octanol–water partition coefficient (Wildman–Crippen LogP) is 4.42. The van der Waals surface area contributed by atoms with Gasteiger partial charge in [0, 0.05) is 17.3 Å². The minimum absolute atomic E-state index is 0.932. The predicted molar refractivity (Wildman–Crippen MR) is 79.5 cm³/mol. The van der Waals surface area contributed by atoms with E-state index in [-0.39, 0.29) is 0 Å². The van der Waals surface area contributed by atoms with Crippen LogP contribution in [0.15, 0.2) is 36.5 Å². The van der Waals surface area contributed by atoms with Gasteiger partial charge < -0.3 is 5.32 Å². The lowest BCUT2D eigenvalue weighted by molar-refractivity contribution is 0.742. The molecule has 3 heteroatoms. The molecule has 3 nitrogen and oxygen atoms in total. The zero-order valence-corrected chi connectivity index (χ0v) is 11.2. The van der Waals surface area contributed by atoms with E-state index in [1.54, 1.807) is 6.20 Å². The Bertz CT molecular complexity index is 582. The molecule has 3 rings (SSSR count). The van der Waals surface area contributed by atoms with E-state index in [9.17, 15) is 0 Å². The van der Waals surface area contributed by atoms with Crippen LogP contribution >= 0.6 is 0 Å². The number of aromatic nitrogens is 2. The van der Waals surface area contributed by atoms with Crippen molar-refractivity contribution < 1.29 is 0 Å². The SMILES string of the molecule is Cc1ccc(Nc2ccn[nH]2)c(C2=CCCCC2)c1. The van der Waals surface area contributed by atoms with Crippen molar-refractivity contribution in [2.75, 3.05) is 5.32 Å². The van der Waals surface area contributed by atoms with Crippen molar-refractivity contribution in [3.05, 3.63) is 47.7 Å². The van der Waals surface area contributed by atoms with Crippen LogP contribution in [0.25, 0.3) is 5.57 Å². The lowest BCUT2D eigenvalue weighted by Crippen LogP contribution is -1.99. The fraction of sp³-hybridized carbons (Fsp3) is 0.312. The zero-order valence-electron chi connectivity index (χ0n) is 11.2. The van der Waals surface area contributed by atoms with E-state index >= 15 is 0 Å². The van der Waals surface area contributed by atoms with Gasteiger partial charge in [-0.25, -0.2) is 0 Å². The summed E-state index contributed by atoms with van der Waals surface area (Å²) < 4.78 is 0. The highest BCUT2D eigenvalue weighted by atomic mass is 15.2. The van der Waals surface area contributed by atoms with E-state index in [1.807, 2.05) is 6.07 Å². The Labute approximate surface area is 113 Å². The summed E-state index contributed by atoms with van der Waals surface area (Å²) in [7, 11) is 0. The van der Waals surface area contributed by atoms with E-state index in [2.05, 4.69) is 46.7 Å². The van der Waals surface area contributed by atoms with Crippen LogP contribution in [-0.4, -0.2) is 10.2 Å². The number of benzene rings is 1. The van der Waals surface area contributed by atoms with Gasteiger partial charge in [0.05, 0.1) is 6.20 Å². The molecule has 1 aliphatic carbocycles. The van der Waals surface area contributed by atoms with E-state index in [0.29, 0.717) is 0 Å². The minimum Gasteiger partial charge on any atom is -0.340 e. The first-order chi connectivity index (χ1) is 9.33. The number of hydrogen-bond donors (Lipinski definition) is 2. The third-order valence-electron chi connectivity index (χ3n) is 3.58. The maximum Gasteiger partial charge on any atom is 0.125 e. The number of rotatable bonds is 3. The van der Waals surface area contributed by atoms with Crippen molar-refractivity contribution in [3.63, 3.8) is 0 Å². The average Bonchev–Trinajstić information content (AvgIpc) is 2.95. The number of anilines is 2. The van der Waals surface area contributed by atoms with E-state index < -0.39 is 0 Å². The number of allylic oxidation sites excluding steroid dienone is 2. The molecule has 98 valence electrons. The molecule has 0 aliphatic heterocycles. The summed E-state index contributed by atoms with van der Waals surface area (Å²) in [6.45, 7) is 2.15. The van der Waals surface area contributed by atoms with Gasteiger partial charge in [0.15, 0.2) is 0 Å². The maximum atomic E-state index is 3.98. The number of H-pyrrole nitrogens is 1. The molecule has 0 bridgehead atoms. The van der Waals surface area contributed by atoms with E-state index in [4.69, 9.17) is 0 Å². The summed E-state index contributed by atoms with van der Waals surface area (Å²) in [5, 5.41) is 10.3. The summed E-state index contributed by atoms with van der Waals surface area (Å²) >= 11 is 0. The van der Waals surface area contributed by atoms with Crippen LogP contribution in [0.2, 0.25) is 0 Å². The summed E-state index contributed by atoms with van der Waals surface area (Å²) in [5.41, 5.74) is 5.26. The molecule has 1 aliphatic rings. The molecule has 1 aromatic heterocycles. The Morgan fingerprint density at radius 3 is 2.89 bits per heavy atom. The molecule has 1 heterocycles. The first-order valence-electron chi connectivity index (χ1n) is 6.89. The molecular weight excluding hydrogens is 234 g/mol. The number of aryl methyl sites for hydroxylation is 1. The molecule has 0 saturated carbocycles. The van der Waals surface area contributed by atoms with Crippen LogP contribution in [0.5, 0.6) is 0 Å². The van der Waals surface area contributed by atoms with Gasteiger partial charge in [-0.2, -0.15) is 5.10 Å². The first kappa shape index (κ1) is 12.0. The summed E-state index contributed by atoms with van der Waals surface area (Å²) in [6, 6.07) is 8.52. The Hall–Kier alpha value is -2.03. The standard InChI is InChI=1S/C16H19N3/c1-12-7-8-15(18-16-9-10-17-19-16)14(11-12)13-5-3-2-4-6-13/h5,7-11H,2-4,6H2,1H3,(H2,17,18,19).